The summed E-state index contributed by atoms with van der Waals surface area (Å²) in [5.41, 5.74) is 1.32. The van der Waals surface area contributed by atoms with E-state index >= 15 is 0 Å². The molecule has 0 spiro atoms. The molecule has 0 atom stereocenters. The molecule has 12 heavy (non-hydrogen) atoms. The summed E-state index contributed by atoms with van der Waals surface area (Å²) >= 11 is 0. The second-order valence-electron chi connectivity index (χ2n) is 3.14. The Balaban J connectivity index is 2.64. The average molecular weight is 168 g/mol. The fourth-order valence-electron chi connectivity index (χ4n) is 1.54. The lowest BCUT2D eigenvalue weighted by Gasteiger charge is -2.36. The molecule has 0 saturated carbocycles. The molecule has 1 radical (unpaired) electrons. The normalized spacial score (nSPS) is 21.8. The zero-order chi connectivity index (χ0) is 9.03. The molecule has 1 aliphatic carbocycles. The van der Waals surface area contributed by atoms with Crippen LogP contribution < -0.4 is 16.0 Å². The van der Waals surface area contributed by atoms with Crippen molar-refractivity contribution >= 4 is 0 Å². The minimum atomic E-state index is 0.0487. The van der Waals surface area contributed by atoms with E-state index in [0.717, 1.165) is 12.8 Å². The van der Waals surface area contributed by atoms with Gasteiger partial charge in [-0.3, -0.25) is 0 Å². The second kappa shape index (κ2) is 3.92. The summed E-state index contributed by atoms with van der Waals surface area (Å²) in [6.45, 7) is 0. The van der Waals surface area contributed by atoms with E-state index < -0.39 is 0 Å². The van der Waals surface area contributed by atoms with Crippen molar-refractivity contribution in [1.29, 1.82) is 0 Å². The van der Waals surface area contributed by atoms with Crippen molar-refractivity contribution in [3.05, 3.63) is 18.2 Å². The molecule has 1 rings (SSSR count). The first-order chi connectivity index (χ1) is 5.76. The third kappa shape index (κ3) is 1.79. The number of allylic oxidation sites excluding steroid dienone is 1. The molecule has 0 fully saturated rings. The predicted octanol–water partition coefficient (Wildman–Crippen LogP) is 0.223. The Hall–Kier alpha value is -0.540. The van der Waals surface area contributed by atoms with E-state index in [4.69, 9.17) is 0 Å². The molecule has 0 unspecified atom stereocenters. The van der Waals surface area contributed by atoms with E-state index in [1.807, 2.05) is 21.1 Å². The van der Waals surface area contributed by atoms with Crippen molar-refractivity contribution in [3.8, 4) is 0 Å². The van der Waals surface area contributed by atoms with Crippen molar-refractivity contribution in [2.75, 3.05) is 21.1 Å². The van der Waals surface area contributed by atoms with E-state index in [2.05, 4.69) is 28.4 Å². The maximum Gasteiger partial charge on any atom is 0.0743 e. The molecule has 0 aromatic carbocycles. The Labute approximate surface area is 74.6 Å². The van der Waals surface area contributed by atoms with Gasteiger partial charge < -0.3 is 16.0 Å². The standard InChI is InChI=1S/C9H18N3/c1-10-8-5-4-6-9(7-8,11-2)12-3/h4-5,10-12H,6-7H2,1-3H3. The highest BCUT2D eigenvalue weighted by Gasteiger charge is 2.28. The highest BCUT2D eigenvalue weighted by Crippen LogP contribution is 2.22. The highest BCUT2D eigenvalue weighted by molar-refractivity contribution is 5.17. The smallest absolute Gasteiger partial charge is 0.0743 e. The number of rotatable bonds is 3. The van der Waals surface area contributed by atoms with Crippen LogP contribution in [-0.2, 0) is 0 Å². The first kappa shape index (κ1) is 9.55. The summed E-state index contributed by atoms with van der Waals surface area (Å²) < 4.78 is 0. The van der Waals surface area contributed by atoms with Crippen LogP contribution >= 0.6 is 0 Å². The summed E-state index contributed by atoms with van der Waals surface area (Å²) in [7, 11) is 5.94. The summed E-state index contributed by atoms with van der Waals surface area (Å²) in [6, 6.07) is 0. The molecule has 0 aromatic heterocycles. The Morgan fingerprint density at radius 1 is 1.25 bits per heavy atom. The molecule has 3 N–H and O–H groups in total. The molecule has 0 aliphatic heterocycles. The van der Waals surface area contributed by atoms with Crippen LogP contribution in [0.5, 0.6) is 0 Å². The molecule has 0 amide bonds. The van der Waals surface area contributed by atoms with Crippen LogP contribution in [0, 0.1) is 6.42 Å². The third-order valence-electron chi connectivity index (χ3n) is 2.56. The number of nitrogens with one attached hydrogen (secondary N) is 3. The van der Waals surface area contributed by atoms with Crippen molar-refractivity contribution in [2.45, 2.75) is 18.5 Å². The van der Waals surface area contributed by atoms with Crippen LogP contribution in [0.4, 0.5) is 0 Å². The first-order valence-electron chi connectivity index (χ1n) is 4.34. The van der Waals surface area contributed by atoms with Gasteiger partial charge in [-0.2, -0.15) is 0 Å². The van der Waals surface area contributed by atoms with E-state index in [1.54, 1.807) is 0 Å². The molecule has 3 heteroatoms. The monoisotopic (exact) mass is 168 g/mol. The van der Waals surface area contributed by atoms with E-state index in [1.165, 1.54) is 5.70 Å². The van der Waals surface area contributed by atoms with E-state index in [-0.39, 0.29) is 5.66 Å². The lowest BCUT2D eigenvalue weighted by atomic mass is 9.92. The Kier molecular flexibility index (Phi) is 3.12. The van der Waals surface area contributed by atoms with Crippen LogP contribution in [-0.4, -0.2) is 26.8 Å². The zero-order valence-corrected chi connectivity index (χ0v) is 8.07. The summed E-state index contributed by atoms with van der Waals surface area (Å²) in [5, 5.41) is 9.79. The van der Waals surface area contributed by atoms with Gasteiger partial charge in [0.1, 0.15) is 0 Å². The fourth-order valence-corrected chi connectivity index (χ4v) is 1.54. The van der Waals surface area contributed by atoms with Gasteiger partial charge in [0.25, 0.3) is 0 Å². The maximum absolute atomic E-state index is 3.31. The molecule has 0 heterocycles. The second-order valence-corrected chi connectivity index (χ2v) is 3.14. The van der Waals surface area contributed by atoms with Crippen LogP contribution in [0.2, 0.25) is 0 Å². The largest absolute Gasteiger partial charge is 0.392 e. The van der Waals surface area contributed by atoms with Crippen LogP contribution in [0.1, 0.15) is 12.8 Å². The van der Waals surface area contributed by atoms with Gasteiger partial charge in [-0.1, -0.05) is 6.08 Å². The van der Waals surface area contributed by atoms with Crippen molar-refractivity contribution < 1.29 is 0 Å². The van der Waals surface area contributed by atoms with Crippen molar-refractivity contribution in [2.24, 2.45) is 0 Å². The molecular weight excluding hydrogens is 150 g/mol. The SMILES string of the molecule is CNC1=C[CH]CC(NC)(NC)C1. The molecule has 0 bridgehead atoms. The summed E-state index contributed by atoms with van der Waals surface area (Å²) in [4.78, 5) is 0. The van der Waals surface area contributed by atoms with Gasteiger partial charge >= 0.3 is 0 Å². The number of hydrogen-bond donors (Lipinski definition) is 3. The average Bonchev–Trinajstić information content (AvgIpc) is 2.18. The fraction of sp³-hybridized carbons (Fsp3) is 0.667. The predicted molar refractivity (Wildman–Crippen MR) is 51.5 cm³/mol. The zero-order valence-electron chi connectivity index (χ0n) is 8.07. The minimum Gasteiger partial charge on any atom is -0.392 e. The van der Waals surface area contributed by atoms with E-state index in [9.17, 15) is 0 Å². The summed E-state index contributed by atoms with van der Waals surface area (Å²) in [6.07, 6.45) is 6.37. The van der Waals surface area contributed by atoms with Crippen molar-refractivity contribution in [1.82, 2.24) is 16.0 Å². The van der Waals surface area contributed by atoms with Gasteiger partial charge in [0.2, 0.25) is 0 Å². The topological polar surface area (TPSA) is 36.1 Å². The van der Waals surface area contributed by atoms with Crippen molar-refractivity contribution in [3.63, 3.8) is 0 Å². The lowest BCUT2D eigenvalue weighted by molar-refractivity contribution is 0.278. The van der Waals surface area contributed by atoms with Crippen LogP contribution in [0.15, 0.2) is 11.8 Å². The van der Waals surface area contributed by atoms with Gasteiger partial charge in [-0.25, -0.2) is 0 Å². The Morgan fingerprint density at radius 3 is 2.42 bits per heavy atom. The highest BCUT2D eigenvalue weighted by atomic mass is 15.2. The van der Waals surface area contributed by atoms with Gasteiger partial charge in [0.05, 0.1) is 5.66 Å². The Morgan fingerprint density at radius 2 is 1.92 bits per heavy atom. The number of hydrogen-bond acceptors (Lipinski definition) is 3. The first-order valence-corrected chi connectivity index (χ1v) is 4.34. The third-order valence-corrected chi connectivity index (χ3v) is 2.56. The van der Waals surface area contributed by atoms with Crippen LogP contribution in [0.3, 0.4) is 0 Å². The minimum absolute atomic E-state index is 0.0487. The molecule has 3 nitrogen and oxygen atoms in total. The van der Waals surface area contributed by atoms with Gasteiger partial charge in [0, 0.05) is 19.2 Å². The van der Waals surface area contributed by atoms with Gasteiger partial charge in [-0.05, 0) is 26.9 Å². The van der Waals surface area contributed by atoms with Gasteiger partial charge in [-0.15, -0.1) is 0 Å². The summed E-state index contributed by atoms with van der Waals surface area (Å²) in [5.74, 6) is 0. The van der Waals surface area contributed by atoms with E-state index in [0.29, 0.717) is 0 Å². The van der Waals surface area contributed by atoms with Gasteiger partial charge in [0.15, 0.2) is 0 Å². The molecular formula is C9H18N3. The lowest BCUT2D eigenvalue weighted by Crippen LogP contribution is -2.55. The van der Waals surface area contributed by atoms with Crippen LogP contribution in [0.25, 0.3) is 0 Å². The molecule has 0 saturated heterocycles. The molecule has 1 aliphatic rings. The molecule has 69 valence electrons. The molecule has 0 aromatic rings. The quantitative estimate of drug-likeness (QED) is 0.528. The maximum atomic E-state index is 3.31. The Bertz CT molecular complexity index is 171.